The number of carboxylic acid groups (broad SMARTS) is 2. The first-order valence-electron chi connectivity index (χ1n) is 9.22. The predicted octanol–water partition coefficient (Wildman–Crippen LogP) is 2.34. The van der Waals surface area contributed by atoms with Gasteiger partial charge in [-0.25, -0.2) is 9.59 Å². The largest absolute Gasteiger partial charge is 0.481 e. The summed E-state index contributed by atoms with van der Waals surface area (Å²) in [7, 11) is 0. The van der Waals surface area contributed by atoms with Gasteiger partial charge < -0.3 is 19.7 Å². The molecule has 162 valence electrons. The number of benzene rings is 1. The summed E-state index contributed by atoms with van der Waals surface area (Å²) in [4.78, 5) is 67.7. The van der Waals surface area contributed by atoms with E-state index in [1.807, 2.05) is 0 Å². The van der Waals surface area contributed by atoms with Gasteiger partial charge in [0.15, 0.2) is 0 Å². The Morgan fingerprint density at radius 3 is 1.17 bits per heavy atom. The van der Waals surface area contributed by atoms with Crippen molar-refractivity contribution in [1.29, 1.82) is 0 Å². The Bertz CT molecular complexity index is 727. The van der Waals surface area contributed by atoms with Crippen LogP contribution in [0, 0.1) is 0 Å². The van der Waals surface area contributed by atoms with Gasteiger partial charge in [0, 0.05) is 25.7 Å². The molecule has 30 heavy (non-hydrogen) atoms. The Balaban J connectivity index is 2.43. The van der Waals surface area contributed by atoms with Crippen molar-refractivity contribution in [2.75, 3.05) is 0 Å². The summed E-state index contributed by atoms with van der Waals surface area (Å²) >= 11 is 0. The number of aliphatic carboxylic acids is 2. The Morgan fingerprint density at radius 2 is 0.867 bits per heavy atom. The van der Waals surface area contributed by atoms with Gasteiger partial charge >= 0.3 is 35.8 Å². The molecule has 0 aliphatic carbocycles. The highest BCUT2D eigenvalue weighted by Gasteiger charge is 2.16. The Hall–Kier alpha value is -3.56. The minimum atomic E-state index is -0.974. The van der Waals surface area contributed by atoms with Gasteiger partial charge in [-0.05, 0) is 49.9 Å². The molecular formula is C20H22O10. The van der Waals surface area contributed by atoms with Gasteiger partial charge in [0.05, 0.1) is 11.1 Å². The minimum Gasteiger partial charge on any atom is -0.481 e. The average Bonchev–Trinajstić information content (AvgIpc) is 2.68. The van der Waals surface area contributed by atoms with E-state index in [2.05, 4.69) is 9.47 Å². The standard InChI is InChI=1S/C20H22O10/c21-15(22)5-1-3-7-17(25)29-19(27)13-9-11-14(12-10-13)20(28)30-18(26)8-4-2-6-16(23)24/h9-12H,1-8H2,(H,21,22)(H,23,24). The molecule has 0 aliphatic heterocycles. The molecule has 0 spiro atoms. The van der Waals surface area contributed by atoms with Crippen LogP contribution in [0.25, 0.3) is 0 Å². The third-order valence-electron chi connectivity index (χ3n) is 3.81. The molecular weight excluding hydrogens is 400 g/mol. The molecule has 1 rings (SSSR count). The molecule has 0 atom stereocenters. The summed E-state index contributed by atoms with van der Waals surface area (Å²) in [5, 5.41) is 17.0. The van der Waals surface area contributed by atoms with Crippen LogP contribution >= 0.6 is 0 Å². The number of hydrogen-bond donors (Lipinski definition) is 2. The molecule has 0 aromatic heterocycles. The quantitative estimate of drug-likeness (QED) is 0.290. The Morgan fingerprint density at radius 1 is 0.567 bits per heavy atom. The molecule has 0 bridgehead atoms. The number of carboxylic acids is 2. The van der Waals surface area contributed by atoms with Crippen molar-refractivity contribution in [2.45, 2.75) is 51.4 Å². The molecule has 0 radical (unpaired) electrons. The highest BCUT2D eigenvalue weighted by molar-refractivity contribution is 5.99. The zero-order valence-electron chi connectivity index (χ0n) is 16.1. The minimum absolute atomic E-state index is 0.00503. The van der Waals surface area contributed by atoms with Gasteiger partial charge in [0.2, 0.25) is 0 Å². The molecule has 10 nitrogen and oxygen atoms in total. The first-order valence-corrected chi connectivity index (χ1v) is 9.22. The van der Waals surface area contributed by atoms with Crippen LogP contribution in [-0.2, 0) is 28.7 Å². The first-order chi connectivity index (χ1) is 14.2. The zero-order valence-corrected chi connectivity index (χ0v) is 16.1. The van der Waals surface area contributed by atoms with Gasteiger partial charge in [-0.2, -0.15) is 0 Å². The van der Waals surface area contributed by atoms with E-state index < -0.39 is 35.8 Å². The summed E-state index contributed by atoms with van der Waals surface area (Å²) in [5.74, 6) is -5.37. The number of rotatable bonds is 12. The smallest absolute Gasteiger partial charge is 0.345 e. The number of esters is 4. The monoisotopic (exact) mass is 422 g/mol. The van der Waals surface area contributed by atoms with E-state index in [0.717, 1.165) is 0 Å². The lowest BCUT2D eigenvalue weighted by atomic mass is 10.1. The molecule has 1 aromatic rings. The van der Waals surface area contributed by atoms with E-state index in [1.165, 1.54) is 24.3 Å². The van der Waals surface area contributed by atoms with Crippen LogP contribution in [0.2, 0.25) is 0 Å². The van der Waals surface area contributed by atoms with Crippen LogP contribution in [-0.4, -0.2) is 46.0 Å². The molecule has 0 aliphatic rings. The predicted molar refractivity (Wildman–Crippen MR) is 99.5 cm³/mol. The second kappa shape index (κ2) is 12.8. The summed E-state index contributed by atoms with van der Waals surface area (Å²) in [6.45, 7) is 0. The summed E-state index contributed by atoms with van der Waals surface area (Å²) < 4.78 is 9.29. The Kier molecular flexibility index (Phi) is 10.5. The molecule has 0 unspecified atom stereocenters. The van der Waals surface area contributed by atoms with Crippen molar-refractivity contribution in [3.05, 3.63) is 35.4 Å². The van der Waals surface area contributed by atoms with E-state index >= 15 is 0 Å². The van der Waals surface area contributed by atoms with E-state index in [-0.39, 0.29) is 62.5 Å². The lowest BCUT2D eigenvalue weighted by molar-refractivity contribution is -0.140. The van der Waals surface area contributed by atoms with E-state index in [0.29, 0.717) is 0 Å². The third-order valence-corrected chi connectivity index (χ3v) is 3.81. The number of ether oxygens (including phenoxy) is 2. The average molecular weight is 422 g/mol. The van der Waals surface area contributed by atoms with Crippen molar-refractivity contribution in [2.24, 2.45) is 0 Å². The zero-order chi connectivity index (χ0) is 22.5. The second-order valence-corrected chi connectivity index (χ2v) is 6.30. The molecule has 2 N–H and O–H groups in total. The molecule has 0 amide bonds. The van der Waals surface area contributed by atoms with Crippen LogP contribution < -0.4 is 0 Å². The van der Waals surface area contributed by atoms with Gasteiger partial charge in [0.25, 0.3) is 0 Å². The number of unbranched alkanes of at least 4 members (excludes halogenated alkanes) is 2. The van der Waals surface area contributed by atoms with Crippen molar-refractivity contribution >= 4 is 35.8 Å². The van der Waals surface area contributed by atoms with Gasteiger partial charge in [-0.1, -0.05) is 0 Å². The second-order valence-electron chi connectivity index (χ2n) is 6.30. The van der Waals surface area contributed by atoms with E-state index in [4.69, 9.17) is 10.2 Å². The van der Waals surface area contributed by atoms with Crippen molar-refractivity contribution < 1.29 is 48.5 Å². The van der Waals surface area contributed by atoms with E-state index in [1.54, 1.807) is 0 Å². The summed E-state index contributed by atoms with van der Waals surface area (Å²) in [5.41, 5.74) is 0.0101. The van der Waals surface area contributed by atoms with Gasteiger partial charge in [-0.15, -0.1) is 0 Å². The van der Waals surface area contributed by atoms with Gasteiger partial charge in [-0.3, -0.25) is 19.2 Å². The highest BCUT2D eigenvalue weighted by Crippen LogP contribution is 2.10. The SMILES string of the molecule is O=C(O)CCCCC(=O)OC(=O)c1ccc(C(=O)OC(=O)CCCCC(=O)O)cc1. The maximum Gasteiger partial charge on any atom is 0.345 e. The van der Waals surface area contributed by atoms with E-state index in [9.17, 15) is 28.8 Å². The fourth-order valence-corrected chi connectivity index (χ4v) is 2.26. The van der Waals surface area contributed by atoms with Crippen LogP contribution in [0.1, 0.15) is 72.1 Å². The maximum absolute atomic E-state index is 11.9. The van der Waals surface area contributed by atoms with Crippen molar-refractivity contribution in [3.63, 3.8) is 0 Å². The summed E-state index contributed by atoms with van der Waals surface area (Å²) in [6, 6.07) is 4.92. The Labute approximate surface area is 171 Å². The molecule has 0 saturated heterocycles. The van der Waals surface area contributed by atoms with Crippen LogP contribution in [0.5, 0.6) is 0 Å². The van der Waals surface area contributed by atoms with Crippen LogP contribution in [0.15, 0.2) is 24.3 Å². The third kappa shape index (κ3) is 10.1. The molecule has 1 aromatic carbocycles. The first kappa shape index (κ1) is 24.5. The van der Waals surface area contributed by atoms with Gasteiger partial charge in [0.1, 0.15) is 0 Å². The fourth-order valence-electron chi connectivity index (χ4n) is 2.26. The van der Waals surface area contributed by atoms with Crippen molar-refractivity contribution in [3.8, 4) is 0 Å². The number of hydrogen-bond acceptors (Lipinski definition) is 8. The normalized spacial score (nSPS) is 10.1. The number of carbonyl (C=O) groups is 6. The number of carbonyl (C=O) groups excluding carboxylic acids is 4. The van der Waals surface area contributed by atoms with Crippen LogP contribution in [0.3, 0.4) is 0 Å². The molecule has 0 saturated carbocycles. The molecule has 0 heterocycles. The van der Waals surface area contributed by atoms with Crippen LogP contribution in [0.4, 0.5) is 0 Å². The summed E-state index contributed by atoms with van der Waals surface area (Å²) in [6.07, 6.45) is 0.756. The lowest BCUT2D eigenvalue weighted by Gasteiger charge is -2.05. The molecule has 10 heteroatoms. The van der Waals surface area contributed by atoms with Crippen molar-refractivity contribution in [1.82, 2.24) is 0 Å². The fraction of sp³-hybridized carbons (Fsp3) is 0.400. The highest BCUT2D eigenvalue weighted by atomic mass is 16.6. The topological polar surface area (TPSA) is 161 Å². The molecule has 0 fully saturated rings. The maximum atomic E-state index is 11.9. The lowest BCUT2D eigenvalue weighted by Crippen LogP contribution is -2.14.